The lowest BCUT2D eigenvalue weighted by Gasteiger charge is -2.34. The number of nitrogens with zero attached hydrogens (tertiary/aromatic N) is 2. The molecule has 0 bridgehead atoms. The zero-order valence-corrected chi connectivity index (χ0v) is 10.8. The largest absolute Gasteiger partial charge is 0.324 e. The van der Waals surface area contributed by atoms with Crippen LogP contribution in [0.5, 0.6) is 0 Å². The Labute approximate surface area is 108 Å². The molecule has 2 aromatic rings. The number of nitrogens with two attached hydrogens (primary N) is 1. The van der Waals surface area contributed by atoms with E-state index >= 15 is 0 Å². The van der Waals surface area contributed by atoms with Crippen LogP contribution in [-0.4, -0.2) is 15.3 Å². The summed E-state index contributed by atoms with van der Waals surface area (Å²) in [4.78, 5) is 0. The van der Waals surface area contributed by atoms with Crippen LogP contribution in [0.3, 0.4) is 0 Å². The second-order valence-electron chi connectivity index (χ2n) is 5.47. The molecule has 1 unspecified atom stereocenters. The zero-order chi connectivity index (χ0) is 12.6. The van der Waals surface area contributed by atoms with Gasteiger partial charge in [-0.15, -0.1) is 0 Å². The van der Waals surface area contributed by atoms with E-state index in [0.717, 1.165) is 31.4 Å². The van der Waals surface area contributed by atoms with Gasteiger partial charge in [-0.2, -0.15) is 5.10 Å². The smallest absolute Gasteiger partial charge is 0.0642 e. The molecule has 94 valence electrons. The van der Waals surface area contributed by atoms with Crippen molar-refractivity contribution >= 4 is 0 Å². The van der Waals surface area contributed by atoms with Crippen molar-refractivity contribution in [3.63, 3.8) is 0 Å². The summed E-state index contributed by atoms with van der Waals surface area (Å²) >= 11 is 0. The summed E-state index contributed by atoms with van der Waals surface area (Å²) < 4.78 is 1.84. The Hall–Kier alpha value is -1.61. The molecule has 1 atom stereocenters. The van der Waals surface area contributed by atoms with Crippen LogP contribution in [0.2, 0.25) is 0 Å². The van der Waals surface area contributed by atoms with Crippen molar-refractivity contribution in [3.8, 4) is 0 Å². The first kappa shape index (κ1) is 11.5. The van der Waals surface area contributed by atoms with Crippen molar-refractivity contribution in [1.29, 1.82) is 0 Å². The van der Waals surface area contributed by atoms with Gasteiger partial charge in [0.05, 0.1) is 5.69 Å². The summed E-state index contributed by atoms with van der Waals surface area (Å²) in [6.07, 6.45) is 5.93. The number of benzene rings is 1. The third-order valence-electron chi connectivity index (χ3n) is 3.86. The zero-order valence-electron chi connectivity index (χ0n) is 10.8. The van der Waals surface area contributed by atoms with E-state index in [1.807, 2.05) is 17.9 Å². The van der Waals surface area contributed by atoms with Crippen molar-refractivity contribution < 1.29 is 0 Å². The number of rotatable bonds is 2. The third-order valence-corrected chi connectivity index (χ3v) is 3.86. The van der Waals surface area contributed by atoms with Gasteiger partial charge in [0.1, 0.15) is 0 Å². The molecule has 0 saturated carbocycles. The van der Waals surface area contributed by atoms with E-state index in [4.69, 9.17) is 5.73 Å². The highest BCUT2D eigenvalue weighted by Crippen LogP contribution is 2.29. The van der Waals surface area contributed by atoms with E-state index in [9.17, 15) is 0 Å². The second kappa shape index (κ2) is 4.25. The van der Waals surface area contributed by atoms with Gasteiger partial charge in [-0.3, -0.25) is 4.68 Å². The van der Waals surface area contributed by atoms with Crippen LogP contribution >= 0.6 is 0 Å². The number of hydrogen-bond acceptors (Lipinski definition) is 2. The molecule has 1 aromatic heterocycles. The average Bonchev–Trinajstić information content (AvgIpc) is 2.74. The molecule has 0 radical (unpaired) electrons. The van der Waals surface area contributed by atoms with Crippen LogP contribution in [0.25, 0.3) is 0 Å². The Morgan fingerprint density at radius 1 is 1.28 bits per heavy atom. The molecule has 2 N–H and O–H groups in total. The first-order chi connectivity index (χ1) is 8.65. The minimum Gasteiger partial charge on any atom is -0.324 e. The van der Waals surface area contributed by atoms with Crippen LogP contribution in [0.15, 0.2) is 36.5 Å². The number of aromatic nitrogens is 2. The Kier molecular flexibility index (Phi) is 2.71. The van der Waals surface area contributed by atoms with Gasteiger partial charge in [0.15, 0.2) is 0 Å². The van der Waals surface area contributed by atoms with Crippen LogP contribution in [0, 0.1) is 0 Å². The number of fused-ring (bicyclic) bond motifs is 1. The molecular formula is C15H19N3. The fourth-order valence-electron chi connectivity index (χ4n) is 2.89. The maximum absolute atomic E-state index is 6.57. The lowest BCUT2D eigenvalue weighted by Crippen LogP contribution is -2.47. The van der Waals surface area contributed by atoms with E-state index in [2.05, 4.69) is 35.4 Å². The highest BCUT2D eigenvalue weighted by Gasteiger charge is 2.31. The fraction of sp³-hybridized carbons (Fsp3) is 0.400. The summed E-state index contributed by atoms with van der Waals surface area (Å²) in [6.45, 7) is 0. The van der Waals surface area contributed by atoms with Crippen molar-refractivity contribution in [2.24, 2.45) is 12.8 Å². The van der Waals surface area contributed by atoms with Gasteiger partial charge in [0.2, 0.25) is 0 Å². The lowest BCUT2D eigenvalue weighted by molar-refractivity contribution is 0.365. The summed E-state index contributed by atoms with van der Waals surface area (Å²) in [6, 6.07) is 10.7. The highest BCUT2D eigenvalue weighted by molar-refractivity contribution is 5.32. The average molecular weight is 241 g/mol. The molecule has 0 aliphatic heterocycles. The normalized spacial score (nSPS) is 22.8. The summed E-state index contributed by atoms with van der Waals surface area (Å²) in [5.41, 5.74) is 10.4. The molecule has 1 heterocycles. The van der Waals surface area contributed by atoms with Crippen LogP contribution in [-0.2, 0) is 26.3 Å². The van der Waals surface area contributed by atoms with Gasteiger partial charge in [0, 0.05) is 25.2 Å². The molecule has 3 nitrogen and oxygen atoms in total. The molecule has 1 aromatic carbocycles. The van der Waals surface area contributed by atoms with E-state index in [-0.39, 0.29) is 5.54 Å². The van der Waals surface area contributed by atoms with Crippen LogP contribution in [0.4, 0.5) is 0 Å². The first-order valence-electron chi connectivity index (χ1n) is 6.49. The maximum atomic E-state index is 6.57. The molecule has 1 aliphatic rings. The summed E-state index contributed by atoms with van der Waals surface area (Å²) in [5, 5.41) is 4.44. The van der Waals surface area contributed by atoms with Crippen molar-refractivity contribution in [1.82, 2.24) is 9.78 Å². The predicted octanol–water partition coefficient (Wildman–Crippen LogP) is 1.85. The fourth-order valence-corrected chi connectivity index (χ4v) is 2.89. The van der Waals surface area contributed by atoms with Crippen molar-refractivity contribution in [3.05, 3.63) is 53.3 Å². The Balaban J connectivity index is 1.81. The van der Waals surface area contributed by atoms with Gasteiger partial charge in [0.25, 0.3) is 0 Å². The van der Waals surface area contributed by atoms with E-state index in [1.165, 1.54) is 11.1 Å². The molecule has 3 rings (SSSR count). The topological polar surface area (TPSA) is 43.8 Å². The number of aryl methyl sites for hydroxylation is 2. The molecule has 3 heteroatoms. The third kappa shape index (κ3) is 2.18. The van der Waals surface area contributed by atoms with E-state index in [0.29, 0.717) is 0 Å². The SMILES string of the molecule is Cn1ccc(CC2(N)CCc3ccccc3C2)n1. The van der Waals surface area contributed by atoms with Crippen molar-refractivity contribution in [2.75, 3.05) is 0 Å². The molecular weight excluding hydrogens is 222 g/mol. The van der Waals surface area contributed by atoms with Crippen LogP contribution in [0.1, 0.15) is 23.2 Å². The Bertz CT molecular complexity index is 558. The van der Waals surface area contributed by atoms with Gasteiger partial charge in [-0.05, 0) is 36.5 Å². The first-order valence-corrected chi connectivity index (χ1v) is 6.49. The van der Waals surface area contributed by atoms with Gasteiger partial charge in [-0.1, -0.05) is 24.3 Å². The predicted molar refractivity (Wildman–Crippen MR) is 72.3 cm³/mol. The monoisotopic (exact) mass is 241 g/mol. The van der Waals surface area contributed by atoms with Gasteiger partial charge < -0.3 is 5.73 Å². The molecule has 0 amide bonds. The lowest BCUT2D eigenvalue weighted by atomic mass is 9.76. The second-order valence-corrected chi connectivity index (χ2v) is 5.47. The molecule has 0 fully saturated rings. The van der Waals surface area contributed by atoms with Gasteiger partial charge in [-0.25, -0.2) is 0 Å². The molecule has 0 spiro atoms. The molecule has 1 aliphatic carbocycles. The quantitative estimate of drug-likeness (QED) is 0.872. The Morgan fingerprint density at radius 3 is 2.78 bits per heavy atom. The van der Waals surface area contributed by atoms with E-state index < -0.39 is 0 Å². The standard InChI is InChI=1S/C15H19N3/c1-18-9-7-14(17-18)11-15(16)8-6-12-4-2-3-5-13(12)10-15/h2-5,7,9H,6,8,10-11,16H2,1H3. The number of hydrogen-bond donors (Lipinski definition) is 1. The minimum absolute atomic E-state index is 0.136. The highest BCUT2D eigenvalue weighted by atomic mass is 15.2. The van der Waals surface area contributed by atoms with E-state index in [1.54, 1.807) is 0 Å². The maximum Gasteiger partial charge on any atom is 0.0642 e. The summed E-state index contributed by atoms with van der Waals surface area (Å²) in [5.74, 6) is 0. The Morgan fingerprint density at radius 2 is 2.06 bits per heavy atom. The molecule has 0 saturated heterocycles. The van der Waals surface area contributed by atoms with Gasteiger partial charge >= 0.3 is 0 Å². The minimum atomic E-state index is -0.136. The van der Waals surface area contributed by atoms with Crippen LogP contribution < -0.4 is 5.73 Å². The summed E-state index contributed by atoms with van der Waals surface area (Å²) in [7, 11) is 1.95. The van der Waals surface area contributed by atoms with Crippen molar-refractivity contribution in [2.45, 2.75) is 31.2 Å². The molecule has 18 heavy (non-hydrogen) atoms.